The van der Waals surface area contributed by atoms with Crippen LogP contribution in [0.15, 0.2) is 71.4 Å². The number of hydrazone groups is 1. The monoisotopic (exact) mass is 444 g/mol. The van der Waals surface area contributed by atoms with Crippen molar-refractivity contribution in [2.24, 2.45) is 5.10 Å². The first kappa shape index (κ1) is 20.5. The van der Waals surface area contributed by atoms with Gasteiger partial charge < -0.3 is 0 Å². The van der Waals surface area contributed by atoms with Gasteiger partial charge in [0.2, 0.25) is 0 Å². The van der Waals surface area contributed by atoms with Crippen LogP contribution in [0.5, 0.6) is 0 Å². The zero-order valence-corrected chi connectivity index (χ0v) is 16.6. The maximum Gasteiger partial charge on any atom is 0.435 e. The van der Waals surface area contributed by atoms with Crippen LogP contribution in [-0.2, 0) is 17.5 Å². The van der Waals surface area contributed by atoms with E-state index < -0.39 is 24.3 Å². The maximum absolute atomic E-state index is 12.6. The summed E-state index contributed by atoms with van der Waals surface area (Å²) in [6, 6.07) is 14.2. The highest BCUT2D eigenvalue weighted by molar-refractivity contribution is 7.13. The highest BCUT2D eigenvalue weighted by Gasteiger charge is 2.33. The number of amides is 1. The Balaban J connectivity index is 1.48. The van der Waals surface area contributed by atoms with Gasteiger partial charge >= 0.3 is 6.18 Å². The molecule has 0 spiro atoms. The molecule has 0 atom stereocenters. The molecule has 1 amide bonds. The van der Waals surface area contributed by atoms with Crippen LogP contribution in [-0.4, -0.2) is 31.7 Å². The van der Waals surface area contributed by atoms with Gasteiger partial charge in [0.1, 0.15) is 12.2 Å². The van der Waals surface area contributed by atoms with E-state index in [1.807, 2.05) is 47.8 Å². The molecule has 0 aliphatic carbocycles. The number of alkyl halides is 3. The van der Waals surface area contributed by atoms with E-state index in [-0.39, 0.29) is 0 Å². The lowest BCUT2D eigenvalue weighted by Crippen LogP contribution is -2.23. The van der Waals surface area contributed by atoms with E-state index in [9.17, 15) is 18.0 Å². The fraction of sp³-hybridized carbons (Fsp3) is 0.100. The van der Waals surface area contributed by atoms with Crippen molar-refractivity contribution >= 4 is 23.5 Å². The van der Waals surface area contributed by atoms with Crippen molar-refractivity contribution in [3.8, 4) is 16.3 Å². The van der Waals surface area contributed by atoms with Crippen LogP contribution >= 0.6 is 11.3 Å². The second-order valence-corrected chi connectivity index (χ2v) is 7.33. The van der Waals surface area contributed by atoms with E-state index >= 15 is 0 Å². The van der Waals surface area contributed by atoms with E-state index in [0.29, 0.717) is 11.3 Å². The Kier molecular flexibility index (Phi) is 5.67. The molecular weight excluding hydrogens is 429 g/mol. The van der Waals surface area contributed by atoms with Gasteiger partial charge in [0, 0.05) is 18.0 Å². The van der Waals surface area contributed by atoms with Gasteiger partial charge in [0.15, 0.2) is 5.69 Å². The fourth-order valence-corrected chi connectivity index (χ4v) is 3.49. The third-order valence-electron chi connectivity index (χ3n) is 4.15. The summed E-state index contributed by atoms with van der Waals surface area (Å²) >= 11 is 1.52. The number of rotatable bonds is 6. The molecule has 158 valence electrons. The molecule has 7 nitrogen and oxygen atoms in total. The van der Waals surface area contributed by atoms with Crippen molar-refractivity contribution in [1.82, 2.24) is 25.0 Å². The lowest BCUT2D eigenvalue weighted by Gasteiger charge is -2.02. The fourth-order valence-electron chi connectivity index (χ4n) is 2.76. The predicted molar refractivity (Wildman–Crippen MR) is 110 cm³/mol. The molecule has 0 radical (unpaired) electrons. The van der Waals surface area contributed by atoms with Crippen LogP contribution in [0.25, 0.3) is 16.3 Å². The Hall–Kier alpha value is -3.73. The first-order valence-electron chi connectivity index (χ1n) is 9.02. The first-order chi connectivity index (χ1) is 14.9. The topological polar surface area (TPSA) is 77.1 Å². The summed E-state index contributed by atoms with van der Waals surface area (Å²) in [4.78, 5) is 12.9. The number of para-hydroxylation sites is 1. The number of aromatic nitrogens is 4. The first-order valence-corrected chi connectivity index (χ1v) is 9.89. The van der Waals surface area contributed by atoms with E-state index in [0.717, 1.165) is 27.5 Å². The molecule has 4 aromatic rings. The number of carbonyl (C=O) groups excluding carboxylic acids is 1. The third kappa shape index (κ3) is 4.89. The molecule has 31 heavy (non-hydrogen) atoms. The summed E-state index contributed by atoms with van der Waals surface area (Å²) in [6.45, 7) is -0.394. The van der Waals surface area contributed by atoms with Gasteiger partial charge in [-0.05, 0) is 29.6 Å². The smallest absolute Gasteiger partial charge is 0.271 e. The van der Waals surface area contributed by atoms with E-state index in [1.54, 1.807) is 10.9 Å². The summed E-state index contributed by atoms with van der Waals surface area (Å²) in [5.74, 6) is -0.610. The average Bonchev–Trinajstić information content (AvgIpc) is 3.49. The molecule has 0 unspecified atom stereocenters. The molecule has 1 N–H and O–H groups in total. The van der Waals surface area contributed by atoms with Gasteiger partial charge in [0.05, 0.1) is 16.8 Å². The molecule has 11 heteroatoms. The van der Waals surface area contributed by atoms with Crippen LogP contribution in [0.4, 0.5) is 13.2 Å². The zero-order valence-electron chi connectivity index (χ0n) is 15.8. The molecule has 0 saturated carbocycles. The van der Waals surface area contributed by atoms with Crippen molar-refractivity contribution < 1.29 is 18.0 Å². The number of halogens is 3. The van der Waals surface area contributed by atoms with Gasteiger partial charge in [-0.15, -0.1) is 11.3 Å². The SMILES string of the molecule is O=C(Cn1ccc(C(F)(F)F)n1)N/N=C\c1cn(-c2ccccc2)nc1-c1cccs1. The van der Waals surface area contributed by atoms with E-state index in [4.69, 9.17) is 0 Å². The number of nitrogens with zero attached hydrogens (tertiary/aromatic N) is 5. The highest BCUT2D eigenvalue weighted by Crippen LogP contribution is 2.28. The second kappa shape index (κ2) is 8.56. The van der Waals surface area contributed by atoms with E-state index in [1.165, 1.54) is 17.6 Å². The van der Waals surface area contributed by atoms with Crippen molar-refractivity contribution in [3.05, 3.63) is 77.6 Å². The summed E-state index contributed by atoms with van der Waals surface area (Å²) in [6.07, 6.45) is -0.241. The molecule has 3 heterocycles. The Bertz CT molecular complexity index is 1200. The molecule has 3 aromatic heterocycles. The van der Waals surface area contributed by atoms with Crippen LogP contribution in [0, 0.1) is 0 Å². The third-order valence-corrected chi connectivity index (χ3v) is 5.02. The highest BCUT2D eigenvalue weighted by atomic mass is 32.1. The number of hydrogen-bond acceptors (Lipinski definition) is 5. The molecular formula is C20H15F3N6OS. The quantitative estimate of drug-likeness (QED) is 0.361. The van der Waals surface area contributed by atoms with Gasteiger partial charge in [-0.3, -0.25) is 9.48 Å². The number of carbonyl (C=O) groups is 1. The lowest BCUT2D eigenvalue weighted by molar-refractivity contribution is -0.141. The number of nitrogens with one attached hydrogen (secondary N) is 1. The lowest BCUT2D eigenvalue weighted by atomic mass is 10.2. The summed E-state index contributed by atoms with van der Waals surface area (Å²) < 4.78 is 40.4. The number of thiophene rings is 1. The summed E-state index contributed by atoms with van der Waals surface area (Å²) in [7, 11) is 0. The average molecular weight is 444 g/mol. The molecule has 0 fully saturated rings. The van der Waals surface area contributed by atoms with Crippen LogP contribution in [0.2, 0.25) is 0 Å². The van der Waals surface area contributed by atoms with E-state index in [2.05, 4.69) is 20.7 Å². The molecule has 1 aromatic carbocycles. The van der Waals surface area contributed by atoms with Crippen molar-refractivity contribution in [2.75, 3.05) is 0 Å². The summed E-state index contributed by atoms with van der Waals surface area (Å²) in [5, 5.41) is 13.8. The van der Waals surface area contributed by atoms with Gasteiger partial charge in [-0.2, -0.15) is 28.5 Å². The molecule has 0 bridgehead atoms. The normalized spacial score (nSPS) is 11.8. The Morgan fingerprint density at radius 1 is 1.13 bits per heavy atom. The maximum atomic E-state index is 12.6. The van der Waals surface area contributed by atoms with Crippen molar-refractivity contribution in [1.29, 1.82) is 0 Å². The largest absolute Gasteiger partial charge is 0.435 e. The van der Waals surface area contributed by atoms with Crippen molar-refractivity contribution in [3.63, 3.8) is 0 Å². The van der Waals surface area contributed by atoms with Gasteiger partial charge in [-0.1, -0.05) is 24.3 Å². The minimum Gasteiger partial charge on any atom is -0.271 e. The van der Waals surface area contributed by atoms with Crippen LogP contribution in [0.3, 0.4) is 0 Å². The Morgan fingerprint density at radius 3 is 2.61 bits per heavy atom. The van der Waals surface area contributed by atoms with Crippen LogP contribution in [0.1, 0.15) is 11.3 Å². The Morgan fingerprint density at radius 2 is 1.94 bits per heavy atom. The Labute approximate surface area is 178 Å². The predicted octanol–water partition coefficient (Wildman–Crippen LogP) is 3.97. The molecule has 4 rings (SSSR count). The number of benzene rings is 1. The minimum atomic E-state index is -4.56. The van der Waals surface area contributed by atoms with Crippen molar-refractivity contribution in [2.45, 2.75) is 12.7 Å². The molecule has 0 aliphatic heterocycles. The standard InChI is InChI=1S/C20H15F3N6OS/c21-20(22,23)17-8-9-28(26-17)13-18(30)25-24-11-14-12-29(15-5-2-1-3-6-15)27-19(14)16-7-4-10-31-16/h1-12H,13H2,(H,25,30)/b24-11-. The number of hydrogen-bond donors (Lipinski definition) is 1. The molecule has 0 aliphatic rings. The second-order valence-electron chi connectivity index (χ2n) is 6.38. The van der Waals surface area contributed by atoms with Crippen LogP contribution < -0.4 is 5.43 Å². The molecule has 0 saturated heterocycles. The zero-order chi connectivity index (χ0) is 21.8. The summed E-state index contributed by atoms with van der Waals surface area (Å²) in [5.41, 5.74) is 3.47. The minimum absolute atomic E-state index is 0.394. The van der Waals surface area contributed by atoms with Gasteiger partial charge in [-0.25, -0.2) is 10.1 Å². The van der Waals surface area contributed by atoms with Gasteiger partial charge in [0.25, 0.3) is 5.91 Å².